The Balaban J connectivity index is 1.74. The van der Waals surface area contributed by atoms with E-state index in [0.29, 0.717) is 10.6 Å². The van der Waals surface area contributed by atoms with E-state index in [4.69, 9.17) is 11.6 Å². The SMILES string of the molecule is O=C(CNC(=O)c1ccc(Cl)cc1)NNC(=O)Cn1ccccc1=O. The van der Waals surface area contributed by atoms with Gasteiger partial charge in [-0.15, -0.1) is 0 Å². The van der Waals surface area contributed by atoms with E-state index in [2.05, 4.69) is 16.2 Å². The minimum Gasteiger partial charge on any atom is -0.343 e. The Morgan fingerprint density at radius 1 is 0.960 bits per heavy atom. The molecule has 1 heterocycles. The standard InChI is InChI=1S/C16H15ClN4O4/c17-12-6-4-11(5-7-12)16(25)18-9-13(22)19-20-14(23)10-21-8-2-1-3-15(21)24/h1-8H,9-10H2,(H,18,25)(H,19,22)(H,20,23). The Morgan fingerprint density at radius 3 is 2.32 bits per heavy atom. The van der Waals surface area contributed by atoms with Crippen LogP contribution in [-0.2, 0) is 16.1 Å². The fourth-order valence-corrected chi connectivity index (χ4v) is 1.96. The van der Waals surface area contributed by atoms with Gasteiger partial charge in [-0.1, -0.05) is 17.7 Å². The van der Waals surface area contributed by atoms with Crippen molar-refractivity contribution in [3.8, 4) is 0 Å². The Labute approximate surface area is 147 Å². The van der Waals surface area contributed by atoms with Gasteiger partial charge in [0.05, 0.1) is 6.54 Å². The van der Waals surface area contributed by atoms with Crippen molar-refractivity contribution in [2.24, 2.45) is 0 Å². The molecule has 25 heavy (non-hydrogen) atoms. The molecule has 3 amide bonds. The van der Waals surface area contributed by atoms with Crippen molar-refractivity contribution >= 4 is 29.3 Å². The molecule has 0 aliphatic heterocycles. The summed E-state index contributed by atoms with van der Waals surface area (Å²) in [4.78, 5) is 46.6. The van der Waals surface area contributed by atoms with Crippen LogP contribution in [0, 0.1) is 0 Å². The van der Waals surface area contributed by atoms with Crippen LogP contribution in [0.25, 0.3) is 0 Å². The molecule has 0 saturated heterocycles. The molecular weight excluding hydrogens is 348 g/mol. The van der Waals surface area contributed by atoms with Crippen molar-refractivity contribution < 1.29 is 14.4 Å². The number of amides is 3. The number of nitrogens with one attached hydrogen (secondary N) is 3. The summed E-state index contributed by atoms with van der Waals surface area (Å²) in [5.74, 6) is -1.64. The lowest BCUT2D eigenvalue weighted by Gasteiger charge is -2.09. The fraction of sp³-hybridized carbons (Fsp3) is 0.125. The summed E-state index contributed by atoms with van der Waals surface area (Å²) < 4.78 is 1.18. The molecule has 0 saturated carbocycles. The maximum atomic E-state index is 11.8. The second-order valence-corrected chi connectivity index (χ2v) is 5.39. The van der Waals surface area contributed by atoms with Crippen LogP contribution in [0.2, 0.25) is 5.02 Å². The highest BCUT2D eigenvalue weighted by molar-refractivity contribution is 6.30. The number of hydrazine groups is 1. The Kier molecular flexibility index (Phi) is 6.30. The van der Waals surface area contributed by atoms with Crippen LogP contribution < -0.4 is 21.7 Å². The summed E-state index contributed by atoms with van der Waals surface area (Å²) in [6.45, 7) is -0.565. The molecule has 1 aromatic heterocycles. The van der Waals surface area contributed by atoms with Crippen molar-refractivity contribution in [2.75, 3.05) is 6.54 Å². The van der Waals surface area contributed by atoms with E-state index < -0.39 is 17.7 Å². The summed E-state index contributed by atoms with van der Waals surface area (Å²) in [7, 11) is 0. The first-order chi connectivity index (χ1) is 12.0. The van der Waals surface area contributed by atoms with E-state index in [1.165, 1.54) is 29.0 Å². The van der Waals surface area contributed by atoms with Crippen LogP contribution in [0.1, 0.15) is 10.4 Å². The van der Waals surface area contributed by atoms with Crippen molar-refractivity contribution in [2.45, 2.75) is 6.54 Å². The molecule has 0 bridgehead atoms. The maximum absolute atomic E-state index is 11.8. The zero-order chi connectivity index (χ0) is 18.2. The van der Waals surface area contributed by atoms with Gasteiger partial charge in [0.15, 0.2) is 0 Å². The summed E-state index contributed by atoms with van der Waals surface area (Å²) in [5, 5.41) is 2.90. The van der Waals surface area contributed by atoms with E-state index in [0.717, 1.165) is 0 Å². The highest BCUT2D eigenvalue weighted by atomic mass is 35.5. The number of nitrogens with zero attached hydrogens (tertiary/aromatic N) is 1. The minimum atomic E-state index is -0.615. The average molecular weight is 363 g/mol. The highest BCUT2D eigenvalue weighted by Crippen LogP contribution is 2.09. The predicted octanol–water partition coefficient (Wildman–Crippen LogP) is 0.0791. The van der Waals surface area contributed by atoms with Gasteiger partial charge in [0, 0.05) is 22.8 Å². The Hall–Kier alpha value is -3.13. The van der Waals surface area contributed by atoms with Crippen LogP contribution in [0.4, 0.5) is 0 Å². The first-order valence-corrected chi connectivity index (χ1v) is 7.60. The molecule has 2 aromatic rings. The van der Waals surface area contributed by atoms with E-state index in [9.17, 15) is 19.2 Å². The van der Waals surface area contributed by atoms with Crippen LogP contribution >= 0.6 is 11.6 Å². The van der Waals surface area contributed by atoms with Gasteiger partial charge in [0.25, 0.3) is 23.3 Å². The molecule has 1 aromatic carbocycles. The van der Waals surface area contributed by atoms with Crippen molar-refractivity contribution in [3.63, 3.8) is 0 Å². The molecule has 0 spiro atoms. The molecule has 9 heteroatoms. The number of hydrogen-bond acceptors (Lipinski definition) is 4. The molecule has 130 valence electrons. The zero-order valence-corrected chi connectivity index (χ0v) is 13.7. The molecule has 3 N–H and O–H groups in total. The third-order valence-corrected chi connectivity index (χ3v) is 3.32. The lowest BCUT2D eigenvalue weighted by Crippen LogP contribution is -2.47. The Bertz CT molecular complexity index is 833. The van der Waals surface area contributed by atoms with E-state index in [1.807, 2.05) is 0 Å². The summed E-state index contributed by atoms with van der Waals surface area (Å²) >= 11 is 5.73. The first kappa shape index (κ1) is 18.2. The zero-order valence-electron chi connectivity index (χ0n) is 13.0. The third kappa shape index (κ3) is 5.78. The topological polar surface area (TPSA) is 109 Å². The van der Waals surface area contributed by atoms with E-state index >= 15 is 0 Å². The van der Waals surface area contributed by atoms with Gasteiger partial charge >= 0.3 is 0 Å². The number of aromatic nitrogens is 1. The largest absolute Gasteiger partial charge is 0.343 e. The molecule has 0 atom stereocenters. The van der Waals surface area contributed by atoms with Crippen LogP contribution in [-0.4, -0.2) is 28.8 Å². The van der Waals surface area contributed by atoms with E-state index in [1.54, 1.807) is 24.3 Å². The number of hydrogen-bond donors (Lipinski definition) is 3. The van der Waals surface area contributed by atoms with Crippen molar-refractivity contribution in [3.05, 3.63) is 69.6 Å². The van der Waals surface area contributed by atoms with Gasteiger partial charge < -0.3 is 9.88 Å². The smallest absolute Gasteiger partial charge is 0.258 e. The number of rotatable bonds is 5. The fourth-order valence-electron chi connectivity index (χ4n) is 1.83. The predicted molar refractivity (Wildman–Crippen MR) is 90.8 cm³/mol. The number of carbonyl (C=O) groups excluding carboxylic acids is 3. The molecule has 0 fully saturated rings. The molecule has 2 rings (SSSR count). The van der Waals surface area contributed by atoms with Gasteiger partial charge in [0.2, 0.25) is 0 Å². The monoisotopic (exact) mass is 362 g/mol. The molecular formula is C16H15ClN4O4. The molecule has 8 nitrogen and oxygen atoms in total. The number of halogens is 1. The number of pyridine rings is 1. The molecule has 0 radical (unpaired) electrons. The maximum Gasteiger partial charge on any atom is 0.258 e. The quantitative estimate of drug-likeness (QED) is 0.654. The van der Waals surface area contributed by atoms with Gasteiger partial charge in [-0.3, -0.25) is 30.0 Å². The second kappa shape index (κ2) is 8.65. The normalized spacial score (nSPS) is 9.96. The first-order valence-electron chi connectivity index (χ1n) is 7.22. The van der Waals surface area contributed by atoms with Crippen LogP contribution in [0.3, 0.4) is 0 Å². The number of benzene rings is 1. The summed E-state index contributed by atoms with van der Waals surface area (Å²) in [6.07, 6.45) is 1.45. The van der Waals surface area contributed by atoms with Crippen molar-refractivity contribution in [1.82, 2.24) is 20.7 Å². The van der Waals surface area contributed by atoms with Gasteiger partial charge in [-0.05, 0) is 30.3 Å². The van der Waals surface area contributed by atoms with Gasteiger partial charge in [-0.2, -0.15) is 0 Å². The summed E-state index contributed by atoms with van der Waals surface area (Å²) in [5.41, 5.74) is 4.33. The highest BCUT2D eigenvalue weighted by Gasteiger charge is 2.09. The Morgan fingerprint density at radius 2 is 1.64 bits per heavy atom. The average Bonchev–Trinajstić information content (AvgIpc) is 2.60. The third-order valence-electron chi connectivity index (χ3n) is 3.07. The molecule has 0 aliphatic rings. The minimum absolute atomic E-state index is 0.239. The van der Waals surface area contributed by atoms with Gasteiger partial charge in [-0.25, -0.2) is 0 Å². The lowest BCUT2D eigenvalue weighted by molar-refractivity contribution is -0.128. The number of carbonyl (C=O) groups is 3. The van der Waals surface area contributed by atoms with Crippen LogP contribution in [0.15, 0.2) is 53.5 Å². The molecule has 0 unspecified atom stereocenters. The van der Waals surface area contributed by atoms with Crippen molar-refractivity contribution in [1.29, 1.82) is 0 Å². The second-order valence-electron chi connectivity index (χ2n) is 4.95. The van der Waals surface area contributed by atoms with E-state index in [-0.39, 0.29) is 18.6 Å². The molecule has 0 aliphatic carbocycles. The lowest BCUT2D eigenvalue weighted by atomic mass is 10.2. The van der Waals surface area contributed by atoms with Crippen LogP contribution in [0.5, 0.6) is 0 Å². The van der Waals surface area contributed by atoms with Gasteiger partial charge in [0.1, 0.15) is 6.54 Å². The summed E-state index contributed by atoms with van der Waals surface area (Å²) in [6, 6.07) is 10.6.